The van der Waals surface area contributed by atoms with Crippen LogP contribution in [0.25, 0.3) is 0 Å². The molecule has 2 rings (SSSR count). The predicted octanol–water partition coefficient (Wildman–Crippen LogP) is 1.68. The van der Waals surface area contributed by atoms with Crippen LogP contribution in [0.4, 0.5) is 16.6 Å². The molecule has 2 amide bonds. The van der Waals surface area contributed by atoms with Crippen LogP contribution in [0.2, 0.25) is 0 Å². The summed E-state index contributed by atoms with van der Waals surface area (Å²) in [6, 6.07) is 0. The van der Waals surface area contributed by atoms with E-state index in [0.717, 1.165) is 22.7 Å². The third-order valence-electron chi connectivity index (χ3n) is 5.34. The van der Waals surface area contributed by atoms with Crippen LogP contribution in [0.5, 0.6) is 0 Å². The molecule has 0 bridgehead atoms. The number of anilines is 3. The number of rotatable bonds is 13. The zero-order valence-corrected chi connectivity index (χ0v) is 20.9. The van der Waals surface area contributed by atoms with Crippen molar-refractivity contribution in [2.45, 2.75) is 65.3 Å². The molecule has 2 aromatic rings. The standard InChI is InChI=1S/C21H33N7O5S/c1-5-10-28-17(22)16(18(31)24-21(28)32)27(11-12-33-4)15(30)9-8-14(29)23-20-26-25-19(34-20)13(6-2)7-3/h13H,5-12,22H2,1-4H3,(H,23,26,29)(H,24,31,32). The number of hydrogen-bond donors (Lipinski definition) is 3. The Morgan fingerprint density at radius 1 is 1.21 bits per heavy atom. The maximum Gasteiger partial charge on any atom is 0.330 e. The average Bonchev–Trinajstić information content (AvgIpc) is 3.25. The number of aromatic amines is 1. The van der Waals surface area contributed by atoms with Crippen molar-refractivity contribution in [3.05, 3.63) is 25.8 Å². The molecule has 0 saturated carbocycles. The van der Waals surface area contributed by atoms with E-state index in [1.165, 1.54) is 23.0 Å². The highest BCUT2D eigenvalue weighted by molar-refractivity contribution is 7.15. The van der Waals surface area contributed by atoms with E-state index in [-0.39, 0.29) is 44.0 Å². The SMILES string of the molecule is CCCn1c(N)c(N(CCOC)C(=O)CCC(=O)Nc2nnc(C(CC)CC)s2)c(=O)[nH]c1=O. The molecule has 0 aliphatic heterocycles. The van der Waals surface area contributed by atoms with E-state index >= 15 is 0 Å². The second-order valence-corrected chi connectivity index (χ2v) is 8.70. The number of nitrogens with two attached hydrogens (primary N) is 1. The molecule has 0 aliphatic rings. The zero-order valence-electron chi connectivity index (χ0n) is 20.0. The molecule has 0 atom stereocenters. The van der Waals surface area contributed by atoms with Gasteiger partial charge < -0.3 is 20.7 Å². The first kappa shape index (κ1) is 27.2. The van der Waals surface area contributed by atoms with Crippen molar-refractivity contribution in [3.63, 3.8) is 0 Å². The Balaban J connectivity index is 2.15. The number of carbonyl (C=O) groups is 2. The van der Waals surface area contributed by atoms with Gasteiger partial charge in [0.2, 0.25) is 16.9 Å². The van der Waals surface area contributed by atoms with Crippen LogP contribution >= 0.6 is 11.3 Å². The number of H-pyrrole nitrogens is 1. The van der Waals surface area contributed by atoms with Crippen molar-refractivity contribution >= 4 is 39.8 Å². The van der Waals surface area contributed by atoms with Gasteiger partial charge in [-0.15, -0.1) is 10.2 Å². The number of amides is 2. The van der Waals surface area contributed by atoms with Crippen LogP contribution in [-0.2, 0) is 20.9 Å². The Kier molecular flexibility index (Phi) is 10.4. The Morgan fingerprint density at radius 2 is 1.91 bits per heavy atom. The Morgan fingerprint density at radius 3 is 2.53 bits per heavy atom. The van der Waals surface area contributed by atoms with Gasteiger partial charge in [-0.1, -0.05) is 32.1 Å². The number of hydrogen-bond acceptors (Lipinski definition) is 9. The third kappa shape index (κ3) is 6.73. The molecular weight excluding hydrogens is 462 g/mol. The van der Waals surface area contributed by atoms with E-state index in [2.05, 4.69) is 34.3 Å². The molecule has 0 radical (unpaired) electrons. The van der Waals surface area contributed by atoms with Crippen molar-refractivity contribution in [2.75, 3.05) is 36.2 Å². The molecule has 0 spiro atoms. The molecule has 2 heterocycles. The second-order valence-electron chi connectivity index (χ2n) is 7.69. The summed E-state index contributed by atoms with van der Waals surface area (Å²) in [6.45, 7) is 6.44. The fraction of sp³-hybridized carbons (Fsp3) is 0.619. The number of nitrogens with one attached hydrogen (secondary N) is 2. The van der Waals surface area contributed by atoms with Gasteiger partial charge in [-0.25, -0.2) is 4.79 Å². The topological polar surface area (TPSA) is 165 Å². The highest BCUT2D eigenvalue weighted by atomic mass is 32.1. The van der Waals surface area contributed by atoms with Crippen molar-refractivity contribution in [3.8, 4) is 0 Å². The summed E-state index contributed by atoms with van der Waals surface area (Å²) < 4.78 is 6.27. The van der Waals surface area contributed by atoms with Gasteiger partial charge in [0, 0.05) is 39.0 Å². The van der Waals surface area contributed by atoms with E-state index < -0.39 is 23.1 Å². The molecule has 0 aliphatic carbocycles. The van der Waals surface area contributed by atoms with Gasteiger partial charge in [-0.2, -0.15) is 0 Å². The molecule has 188 valence electrons. The number of aromatic nitrogens is 4. The molecule has 4 N–H and O–H groups in total. The second kappa shape index (κ2) is 13.0. The Labute approximate surface area is 201 Å². The normalized spacial score (nSPS) is 11.1. The lowest BCUT2D eigenvalue weighted by Gasteiger charge is -2.24. The van der Waals surface area contributed by atoms with E-state index in [1.54, 1.807) is 0 Å². The zero-order chi connectivity index (χ0) is 25.3. The smallest absolute Gasteiger partial charge is 0.330 e. The number of methoxy groups -OCH3 is 1. The minimum Gasteiger partial charge on any atom is -0.383 e. The fourth-order valence-corrected chi connectivity index (χ4v) is 4.48. The van der Waals surface area contributed by atoms with Crippen LogP contribution in [0.15, 0.2) is 9.59 Å². The van der Waals surface area contributed by atoms with Gasteiger partial charge in [-0.05, 0) is 19.3 Å². The molecule has 2 aromatic heterocycles. The lowest BCUT2D eigenvalue weighted by molar-refractivity contribution is -0.122. The summed E-state index contributed by atoms with van der Waals surface area (Å²) in [7, 11) is 1.46. The van der Waals surface area contributed by atoms with Crippen LogP contribution in [0.1, 0.15) is 63.8 Å². The van der Waals surface area contributed by atoms with Crippen molar-refractivity contribution < 1.29 is 14.3 Å². The quantitative estimate of drug-likeness (QED) is 0.377. The monoisotopic (exact) mass is 495 g/mol. The minimum absolute atomic E-state index is 0.0315. The molecular formula is C21H33N7O5S. The van der Waals surface area contributed by atoms with Gasteiger partial charge in [0.25, 0.3) is 5.56 Å². The molecule has 12 nitrogen and oxygen atoms in total. The summed E-state index contributed by atoms with van der Waals surface area (Å²) in [6.07, 6.45) is 2.15. The number of nitrogen functional groups attached to an aromatic ring is 1. The maximum atomic E-state index is 13.0. The molecule has 0 saturated heterocycles. The lowest BCUT2D eigenvalue weighted by atomic mass is 10.1. The molecule has 13 heteroatoms. The third-order valence-corrected chi connectivity index (χ3v) is 6.34. The summed E-state index contributed by atoms with van der Waals surface area (Å²) >= 11 is 1.32. The van der Waals surface area contributed by atoms with Gasteiger partial charge in [0.05, 0.1) is 6.61 Å². The first-order valence-corrected chi connectivity index (χ1v) is 12.1. The summed E-state index contributed by atoms with van der Waals surface area (Å²) in [4.78, 5) is 53.4. The molecule has 0 fully saturated rings. The number of carbonyl (C=O) groups excluding carboxylic acids is 2. The van der Waals surface area contributed by atoms with Crippen LogP contribution in [0.3, 0.4) is 0 Å². The largest absolute Gasteiger partial charge is 0.383 e. The van der Waals surface area contributed by atoms with E-state index in [9.17, 15) is 19.2 Å². The maximum absolute atomic E-state index is 13.0. The summed E-state index contributed by atoms with van der Waals surface area (Å²) in [5.74, 6) is -0.711. The van der Waals surface area contributed by atoms with E-state index in [0.29, 0.717) is 17.5 Å². The first-order valence-electron chi connectivity index (χ1n) is 11.3. The molecule has 0 unspecified atom stereocenters. The van der Waals surface area contributed by atoms with Crippen LogP contribution in [0, 0.1) is 0 Å². The van der Waals surface area contributed by atoms with Gasteiger partial charge >= 0.3 is 5.69 Å². The summed E-state index contributed by atoms with van der Waals surface area (Å²) in [5.41, 5.74) is 4.56. The summed E-state index contributed by atoms with van der Waals surface area (Å²) in [5, 5.41) is 12.1. The minimum atomic E-state index is -0.772. The highest BCUT2D eigenvalue weighted by Gasteiger charge is 2.24. The lowest BCUT2D eigenvalue weighted by Crippen LogP contribution is -2.42. The average molecular weight is 496 g/mol. The Hall–Kier alpha value is -3.06. The number of ether oxygens (including phenoxy) is 1. The highest BCUT2D eigenvalue weighted by Crippen LogP contribution is 2.28. The predicted molar refractivity (Wildman–Crippen MR) is 131 cm³/mol. The van der Waals surface area contributed by atoms with Crippen molar-refractivity contribution in [1.29, 1.82) is 0 Å². The van der Waals surface area contributed by atoms with Gasteiger partial charge in [0.15, 0.2) is 5.69 Å². The molecule has 0 aromatic carbocycles. The van der Waals surface area contributed by atoms with Crippen LogP contribution < -0.4 is 27.2 Å². The van der Waals surface area contributed by atoms with Crippen molar-refractivity contribution in [2.24, 2.45) is 0 Å². The fourth-order valence-electron chi connectivity index (χ4n) is 3.45. The number of nitrogens with zero attached hydrogens (tertiary/aromatic N) is 4. The first-order chi connectivity index (χ1) is 16.3. The molecule has 34 heavy (non-hydrogen) atoms. The van der Waals surface area contributed by atoms with E-state index in [4.69, 9.17) is 10.5 Å². The van der Waals surface area contributed by atoms with Gasteiger partial charge in [-0.3, -0.25) is 23.9 Å². The van der Waals surface area contributed by atoms with Gasteiger partial charge in [0.1, 0.15) is 10.8 Å². The van der Waals surface area contributed by atoms with Crippen molar-refractivity contribution in [1.82, 2.24) is 19.7 Å². The van der Waals surface area contributed by atoms with Crippen LogP contribution in [-0.4, -0.2) is 51.8 Å². The van der Waals surface area contributed by atoms with E-state index in [1.807, 2.05) is 6.92 Å². The Bertz CT molecular complexity index is 1090.